The van der Waals surface area contributed by atoms with Crippen molar-refractivity contribution in [2.24, 2.45) is 5.41 Å². The highest BCUT2D eigenvalue weighted by Gasteiger charge is 2.36. The van der Waals surface area contributed by atoms with Gasteiger partial charge in [0, 0.05) is 24.5 Å². The molecule has 1 fully saturated rings. The molecular weight excluding hydrogens is 278 g/mol. The second-order valence-corrected chi connectivity index (χ2v) is 7.34. The Morgan fingerprint density at radius 3 is 2.57 bits per heavy atom. The molecule has 1 N–H and O–H groups in total. The van der Waals surface area contributed by atoms with Crippen LogP contribution in [-0.2, 0) is 13.0 Å². The Morgan fingerprint density at radius 2 is 2.00 bits per heavy atom. The number of hydrogen-bond donors (Lipinski definition) is 1. The van der Waals surface area contributed by atoms with E-state index in [-0.39, 0.29) is 0 Å². The number of nitrogens with one attached hydrogen (secondary N) is 1. The van der Waals surface area contributed by atoms with E-state index in [0.29, 0.717) is 5.41 Å². The zero-order chi connectivity index (χ0) is 15.3. The molecule has 120 valence electrons. The van der Waals surface area contributed by atoms with E-state index in [0.717, 1.165) is 19.5 Å². The fourth-order valence-electron chi connectivity index (χ4n) is 3.22. The molecule has 4 heteroatoms. The second kappa shape index (κ2) is 7.59. The van der Waals surface area contributed by atoms with E-state index in [4.69, 9.17) is 4.98 Å². The standard InChI is InChI=1S/C17H31N3S/c1-5-10-18-12-15-14(6-2)19-16(21-15)20-11-9-17(7-3,8-4)13-20/h18H,5-13H2,1-4H3. The lowest BCUT2D eigenvalue weighted by atomic mass is 9.82. The minimum Gasteiger partial charge on any atom is -0.348 e. The normalized spacial score (nSPS) is 17.6. The Morgan fingerprint density at radius 1 is 1.24 bits per heavy atom. The highest BCUT2D eigenvalue weighted by molar-refractivity contribution is 7.15. The van der Waals surface area contributed by atoms with E-state index >= 15 is 0 Å². The predicted molar refractivity (Wildman–Crippen MR) is 93.3 cm³/mol. The molecule has 0 unspecified atom stereocenters. The fourth-order valence-corrected chi connectivity index (χ4v) is 4.37. The van der Waals surface area contributed by atoms with E-state index in [1.54, 1.807) is 0 Å². The molecule has 1 saturated heterocycles. The summed E-state index contributed by atoms with van der Waals surface area (Å²) in [6.07, 6.45) is 6.13. The lowest BCUT2D eigenvalue weighted by Gasteiger charge is -2.26. The van der Waals surface area contributed by atoms with Crippen molar-refractivity contribution in [1.82, 2.24) is 10.3 Å². The molecule has 0 aliphatic carbocycles. The van der Waals surface area contributed by atoms with E-state index < -0.39 is 0 Å². The molecule has 0 amide bonds. The largest absolute Gasteiger partial charge is 0.348 e. The van der Waals surface area contributed by atoms with Gasteiger partial charge in [0.05, 0.1) is 5.69 Å². The van der Waals surface area contributed by atoms with E-state index in [9.17, 15) is 0 Å². The van der Waals surface area contributed by atoms with Crippen molar-refractivity contribution in [3.05, 3.63) is 10.6 Å². The van der Waals surface area contributed by atoms with Crippen molar-refractivity contribution >= 4 is 16.5 Å². The number of aromatic nitrogens is 1. The zero-order valence-electron chi connectivity index (χ0n) is 14.2. The van der Waals surface area contributed by atoms with Crippen LogP contribution >= 0.6 is 11.3 Å². The van der Waals surface area contributed by atoms with Crippen LogP contribution < -0.4 is 10.2 Å². The number of anilines is 1. The monoisotopic (exact) mass is 309 g/mol. The minimum absolute atomic E-state index is 0.526. The summed E-state index contributed by atoms with van der Waals surface area (Å²) < 4.78 is 0. The average molecular weight is 310 g/mol. The second-order valence-electron chi connectivity index (χ2n) is 6.28. The first-order valence-corrected chi connectivity index (χ1v) is 9.43. The van der Waals surface area contributed by atoms with Crippen LogP contribution in [0, 0.1) is 5.41 Å². The number of aryl methyl sites for hydroxylation is 1. The third kappa shape index (κ3) is 3.78. The molecule has 2 rings (SSSR count). The maximum absolute atomic E-state index is 4.93. The zero-order valence-corrected chi connectivity index (χ0v) is 15.0. The highest BCUT2D eigenvalue weighted by Crippen LogP contribution is 2.40. The van der Waals surface area contributed by atoms with Gasteiger partial charge in [-0.25, -0.2) is 4.98 Å². The van der Waals surface area contributed by atoms with Crippen molar-refractivity contribution in [3.8, 4) is 0 Å². The van der Waals surface area contributed by atoms with Gasteiger partial charge in [0.1, 0.15) is 0 Å². The number of thiazole rings is 1. The maximum atomic E-state index is 4.93. The van der Waals surface area contributed by atoms with E-state index in [2.05, 4.69) is 37.9 Å². The van der Waals surface area contributed by atoms with Crippen LogP contribution in [0.15, 0.2) is 0 Å². The molecule has 1 aliphatic heterocycles. The third-order valence-corrected chi connectivity index (χ3v) is 6.18. The van der Waals surface area contributed by atoms with Crippen LogP contribution in [0.4, 0.5) is 5.13 Å². The Balaban J connectivity index is 2.07. The smallest absolute Gasteiger partial charge is 0.185 e. The summed E-state index contributed by atoms with van der Waals surface area (Å²) >= 11 is 1.91. The summed E-state index contributed by atoms with van der Waals surface area (Å²) in [5, 5.41) is 4.77. The van der Waals surface area contributed by atoms with Crippen LogP contribution in [0.3, 0.4) is 0 Å². The van der Waals surface area contributed by atoms with Crippen LogP contribution in [0.2, 0.25) is 0 Å². The summed E-state index contributed by atoms with van der Waals surface area (Å²) in [5.41, 5.74) is 1.82. The fraction of sp³-hybridized carbons (Fsp3) is 0.824. The molecule has 1 aromatic rings. The molecule has 0 saturated carbocycles. The van der Waals surface area contributed by atoms with Crippen molar-refractivity contribution < 1.29 is 0 Å². The summed E-state index contributed by atoms with van der Waals surface area (Å²) in [6.45, 7) is 13.6. The number of hydrogen-bond acceptors (Lipinski definition) is 4. The van der Waals surface area contributed by atoms with E-state index in [1.165, 1.54) is 54.5 Å². The van der Waals surface area contributed by atoms with Crippen LogP contribution in [0.5, 0.6) is 0 Å². The van der Waals surface area contributed by atoms with Crippen molar-refractivity contribution in [2.75, 3.05) is 24.5 Å². The summed E-state index contributed by atoms with van der Waals surface area (Å²) in [5.74, 6) is 0. The average Bonchev–Trinajstić information content (AvgIpc) is 3.12. The minimum atomic E-state index is 0.526. The maximum Gasteiger partial charge on any atom is 0.185 e. The number of rotatable bonds is 8. The van der Waals surface area contributed by atoms with Crippen molar-refractivity contribution in [2.45, 2.75) is 66.3 Å². The lowest BCUT2D eigenvalue weighted by molar-refractivity contribution is 0.301. The lowest BCUT2D eigenvalue weighted by Crippen LogP contribution is -2.26. The first kappa shape index (κ1) is 16.8. The SMILES string of the molecule is CCCNCc1sc(N2CCC(CC)(CC)C2)nc1CC. The van der Waals surface area contributed by atoms with Gasteiger partial charge in [-0.1, -0.05) is 27.7 Å². The summed E-state index contributed by atoms with van der Waals surface area (Å²) in [4.78, 5) is 8.89. The molecule has 0 spiro atoms. The van der Waals surface area contributed by atoms with Crippen molar-refractivity contribution in [3.63, 3.8) is 0 Å². The molecule has 3 nitrogen and oxygen atoms in total. The summed E-state index contributed by atoms with van der Waals surface area (Å²) in [7, 11) is 0. The van der Waals surface area contributed by atoms with Gasteiger partial charge in [-0.05, 0) is 44.1 Å². The molecule has 0 aromatic carbocycles. The van der Waals surface area contributed by atoms with Crippen LogP contribution in [0.1, 0.15) is 63.9 Å². The Kier molecular flexibility index (Phi) is 6.06. The molecule has 0 radical (unpaired) electrons. The Labute approximate surface area is 134 Å². The van der Waals surface area contributed by atoms with Gasteiger partial charge in [-0.3, -0.25) is 0 Å². The predicted octanol–water partition coefficient (Wildman–Crippen LogP) is 4.22. The molecule has 2 heterocycles. The molecule has 1 aliphatic rings. The van der Waals surface area contributed by atoms with Gasteiger partial charge in [0.25, 0.3) is 0 Å². The number of nitrogens with zero attached hydrogens (tertiary/aromatic N) is 2. The summed E-state index contributed by atoms with van der Waals surface area (Å²) in [6, 6.07) is 0. The van der Waals surface area contributed by atoms with E-state index in [1.807, 2.05) is 11.3 Å². The van der Waals surface area contributed by atoms with Gasteiger partial charge in [-0.15, -0.1) is 11.3 Å². The van der Waals surface area contributed by atoms with Gasteiger partial charge in [0.2, 0.25) is 0 Å². The third-order valence-electron chi connectivity index (χ3n) is 5.02. The van der Waals surface area contributed by atoms with Gasteiger partial charge in [0.15, 0.2) is 5.13 Å². The first-order chi connectivity index (χ1) is 10.2. The Hall–Kier alpha value is -0.610. The van der Waals surface area contributed by atoms with Gasteiger partial charge >= 0.3 is 0 Å². The van der Waals surface area contributed by atoms with Gasteiger partial charge in [-0.2, -0.15) is 0 Å². The molecule has 0 atom stereocenters. The van der Waals surface area contributed by atoms with Crippen LogP contribution in [0.25, 0.3) is 0 Å². The molecular formula is C17H31N3S. The van der Waals surface area contributed by atoms with Crippen molar-refractivity contribution in [1.29, 1.82) is 0 Å². The quantitative estimate of drug-likeness (QED) is 0.729. The highest BCUT2D eigenvalue weighted by atomic mass is 32.1. The topological polar surface area (TPSA) is 28.2 Å². The Bertz CT molecular complexity index is 437. The van der Waals surface area contributed by atoms with Gasteiger partial charge < -0.3 is 10.2 Å². The molecule has 1 aromatic heterocycles. The molecule has 21 heavy (non-hydrogen) atoms. The van der Waals surface area contributed by atoms with Crippen LogP contribution in [-0.4, -0.2) is 24.6 Å². The first-order valence-electron chi connectivity index (χ1n) is 8.62. The molecule has 0 bridgehead atoms.